The molecule has 0 fully saturated rings. The van der Waals surface area contributed by atoms with Gasteiger partial charge in [0.1, 0.15) is 0 Å². The summed E-state index contributed by atoms with van der Waals surface area (Å²) < 4.78 is 1.75. The van der Waals surface area contributed by atoms with E-state index in [1.807, 2.05) is 81.4 Å². The van der Waals surface area contributed by atoms with Crippen molar-refractivity contribution < 1.29 is 4.79 Å². The van der Waals surface area contributed by atoms with Crippen LogP contribution in [0.3, 0.4) is 0 Å². The first-order chi connectivity index (χ1) is 14.4. The molecule has 0 unspecified atom stereocenters. The van der Waals surface area contributed by atoms with Crippen molar-refractivity contribution >= 4 is 11.6 Å². The highest BCUT2D eigenvalue weighted by molar-refractivity contribution is 6.01. The summed E-state index contributed by atoms with van der Waals surface area (Å²) in [6.45, 7) is 8.12. The summed E-state index contributed by atoms with van der Waals surface area (Å²) in [6.07, 6.45) is 0. The Hall–Kier alpha value is -3.73. The molecule has 1 amide bonds. The van der Waals surface area contributed by atoms with Gasteiger partial charge in [0.25, 0.3) is 5.91 Å². The number of nitrogens with zero attached hydrogens (tertiary/aromatic N) is 3. The Labute approximate surface area is 176 Å². The third-order valence-corrected chi connectivity index (χ3v) is 4.98. The number of hydrogen-bond acceptors (Lipinski definition) is 3. The monoisotopic (exact) mass is 396 g/mol. The van der Waals surface area contributed by atoms with Gasteiger partial charge in [-0.3, -0.25) is 4.79 Å². The highest BCUT2D eigenvalue weighted by Gasteiger charge is 2.20. The van der Waals surface area contributed by atoms with Crippen molar-refractivity contribution in [3.8, 4) is 17.1 Å². The van der Waals surface area contributed by atoms with Crippen LogP contribution in [0.2, 0.25) is 0 Å². The molecule has 0 aliphatic carbocycles. The van der Waals surface area contributed by atoms with E-state index in [0.29, 0.717) is 5.82 Å². The second kappa shape index (κ2) is 7.95. The van der Waals surface area contributed by atoms with E-state index in [4.69, 9.17) is 0 Å². The minimum Gasteiger partial charge on any atom is -0.319 e. The molecule has 150 valence electrons. The number of hydrogen-bond donors (Lipinski definition) is 1. The normalized spacial score (nSPS) is 10.8. The Kier molecular flexibility index (Phi) is 5.19. The smallest absolute Gasteiger partial charge is 0.295 e. The number of carbonyl (C=O) groups excluding carboxylic acids is 1. The molecule has 4 aromatic rings. The maximum atomic E-state index is 12.9. The molecule has 1 heterocycles. The molecule has 3 aromatic carbocycles. The summed E-state index contributed by atoms with van der Waals surface area (Å²) in [7, 11) is 0. The minimum atomic E-state index is -0.336. The Bertz CT molecular complexity index is 1220. The lowest BCUT2D eigenvalue weighted by Crippen LogP contribution is -2.14. The molecule has 4 rings (SSSR count). The molecule has 0 spiro atoms. The lowest BCUT2D eigenvalue weighted by atomic mass is 10.1. The molecule has 0 saturated carbocycles. The number of anilines is 1. The predicted molar refractivity (Wildman–Crippen MR) is 120 cm³/mol. The van der Waals surface area contributed by atoms with Crippen molar-refractivity contribution in [2.75, 3.05) is 5.32 Å². The first kappa shape index (κ1) is 19.6. The fraction of sp³-hybridized carbons (Fsp3) is 0.160. The van der Waals surface area contributed by atoms with Crippen LogP contribution in [0, 0.1) is 27.7 Å². The van der Waals surface area contributed by atoms with Crippen LogP contribution in [0.4, 0.5) is 5.69 Å². The van der Waals surface area contributed by atoms with Crippen LogP contribution < -0.4 is 5.32 Å². The highest BCUT2D eigenvalue weighted by Crippen LogP contribution is 2.24. The number of carbonyl (C=O) groups is 1. The van der Waals surface area contributed by atoms with Gasteiger partial charge in [-0.2, -0.15) is 0 Å². The molecule has 0 aliphatic heterocycles. The molecule has 0 aliphatic rings. The quantitative estimate of drug-likeness (QED) is 0.501. The van der Waals surface area contributed by atoms with E-state index in [1.54, 1.807) is 4.68 Å². The first-order valence-corrected chi connectivity index (χ1v) is 9.90. The maximum absolute atomic E-state index is 12.9. The summed E-state index contributed by atoms with van der Waals surface area (Å²) in [5, 5.41) is 7.48. The largest absolute Gasteiger partial charge is 0.319 e. The van der Waals surface area contributed by atoms with Gasteiger partial charge in [-0.25, -0.2) is 9.67 Å². The van der Waals surface area contributed by atoms with Gasteiger partial charge in [0.2, 0.25) is 5.82 Å². The first-order valence-electron chi connectivity index (χ1n) is 9.90. The molecular formula is C25H24N4O. The van der Waals surface area contributed by atoms with E-state index in [9.17, 15) is 4.79 Å². The van der Waals surface area contributed by atoms with E-state index in [0.717, 1.165) is 33.6 Å². The Morgan fingerprint density at radius 3 is 2.23 bits per heavy atom. The van der Waals surface area contributed by atoms with Gasteiger partial charge in [-0.15, -0.1) is 5.10 Å². The van der Waals surface area contributed by atoms with Gasteiger partial charge >= 0.3 is 0 Å². The van der Waals surface area contributed by atoms with Crippen LogP contribution in [-0.2, 0) is 0 Å². The van der Waals surface area contributed by atoms with Gasteiger partial charge in [0.15, 0.2) is 5.82 Å². The van der Waals surface area contributed by atoms with Gasteiger partial charge < -0.3 is 5.32 Å². The van der Waals surface area contributed by atoms with Gasteiger partial charge in [0.05, 0.1) is 5.69 Å². The van der Waals surface area contributed by atoms with Crippen LogP contribution in [0.1, 0.15) is 32.9 Å². The van der Waals surface area contributed by atoms with E-state index >= 15 is 0 Å². The van der Waals surface area contributed by atoms with Gasteiger partial charge in [-0.05, 0) is 57.0 Å². The Morgan fingerprint density at radius 2 is 1.53 bits per heavy atom. The van der Waals surface area contributed by atoms with Gasteiger partial charge in [-0.1, -0.05) is 59.7 Å². The van der Waals surface area contributed by atoms with Crippen LogP contribution >= 0.6 is 0 Å². The zero-order valence-electron chi connectivity index (χ0n) is 17.6. The second-order valence-corrected chi connectivity index (χ2v) is 7.65. The van der Waals surface area contributed by atoms with Crippen molar-refractivity contribution in [2.45, 2.75) is 27.7 Å². The van der Waals surface area contributed by atoms with Crippen molar-refractivity contribution in [3.05, 3.63) is 94.8 Å². The molecule has 0 radical (unpaired) electrons. The van der Waals surface area contributed by atoms with Crippen LogP contribution in [0.15, 0.2) is 66.7 Å². The van der Waals surface area contributed by atoms with Crippen LogP contribution in [-0.4, -0.2) is 20.7 Å². The zero-order valence-corrected chi connectivity index (χ0v) is 17.6. The number of aromatic nitrogens is 3. The molecule has 5 heteroatoms. The molecule has 30 heavy (non-hydrogen) atoms. The van der Waals surface area contributed by atoms with Gasteiger partial charge in [0, 0.05) is 11.3 Å². The SMILES string of the molecule is Cc1ccc(-c2nc(C(=O)Nc3cccc(C)c3)nn2-c2ccc(C)cc2C)cc1. The molecule has 1 aromatic heterocycles. The third-order valence-electron chi connectivity index (χ3n) is 4.98. The fourth-order valence-corrected chi connectivity index (χ4v) is 3.42. The summed E-state index contributed by atoms with van der Waals surface area (Å²) >= 11 is 0. The molecule has 0 atom stereocenters. The van der Waals surface area contributed by atoms with E-state index in [2.05, 4.69) is 28.4 Å². The van der Waals surface area contributed by atoms with E-state index in [1.165, 1.54) is 5.56 Å². The molecular weight excluding hydrogens is 372 g/mol. The van der Waals surface area contributed by atoms with E-state index < -0.39 is 0 Å². The molecule has 0 bridgehead atoms. The van der Waals surface area contributed by atoms with Crippen LogP contribution in [0.5, 0.6) is 0 Å². The summed E-state index contributed by atoms with van der Waals surface area (Å²) in [6, 6.07) is 21.9. The summed E-state index contributed by atoms with van der Waals surface area (Å²) in [4.78, 5) is 17.5. The predicted octanol–water partition coefficient (Wildman–Crippen LogP) is 5.42. The number of nitrogens with one attached hydrogen (secondary N) is 1. The number of rotatable bonds is 4. The standard InChI is InChI=1S/C25H24N4O/c1-16-8-11-20(12-9-16)24-27-23(25(30)26-21-7-5-6-17(2)15-21)28-29(24)22-13-10-18(3)14-19(22)4/h5-15H,1-4H3,(H,26,30). The van der Waals surface area contributed by atoms with Crippen molar-refractivity contribution in [1.82, 2.24) is 14.8 Å². The maximum Gasteiger partial charge on any atom is 0.295 e. The lowest BCUT2D eigenvalue weighted by molar-refractivity contribution is 0.101. The molecule has 0 saturated heterocycles. The number of benzene rings is 3. The Morgan fingerprint density at radius 1 is 0.833 bits per heavy atom. The van der Waals surface area contributed by atoms with Crippen LogP contribution in [0.25, 0.3) is 17.1 Å². The summed E-state index contributed by atoms with van der Waals surface area (Å²) in [5.41, 5.74) is 7.00. The topological polar surface area (TPSA) is 59.8 Å². The molecule has 1 N–H and O–H groups in total. The van der Waals surface area contributed by atoms with Crippen molar-refractivity contribution in [1.29, 1.82) is 0 Å². The average molecular weight is 396 g/mol. The van der Waals surface area contributed by atoms with Crippen molar-refractivity contribution in [2.24, 2.45) is 0 Å². The highest BCUT2D eigenvalue weighted by atomic mass is 16.2. The fourth-order valence-electron chi connectivity index (χ4n) is 3.42. The number of aryl methyl sites for hydroxylation is 4. The average Bonchev–Trinajstić information content (AvgIpc) is 3.14. The minimum absolute atomic E-state index is 0.132. The zero-order chi connectivity index (χ0) is 21.3. The number of amides is 1. The summed E-state index contributed by atoms with van der Waals surface area (Å²) in [5.74, 6) is 0.431. The van der Waals surface area contributed by atoms with E-state index in [-0.39, 0.29) is 11.7 Å². The van der Waals surface area contributed by atoms with Crippen molar-refractivity contribution in [3.63, 3.8) is 0 Å². The third kappa shape index (κ3) is 4.01. The lowest BCUT2D eigenvalue weighted by Gasteiger charge is -2.10. The second-order valence-electron chi connectivity index (χ2n) is 7.65. The Balaban J connectivity index is 1.79. The molecule has 5 nitrogen and oxygen atoms in total.